The Hall–Kier alpha value is -0.420. The quantitative estimate of drug-likeness (QED) is 0.0530. The standard InChI is InChI=1S/C43H84O4/c1-3-5-7-9-10-11-12-13-14-15-16-17-19-22-25-28-34-41(44)40-45-38-32-27-24-21-18-20-23-26-30-36-42(35-29-8-6-4-2)47-43-37-31-33-39-46-43/h26,30,41-44H,3-25,27-29,31-40H2,1-2H3/b30-26-/t41?,42-,43?/m1/s1. The summed E-state index contributed by atoms with van der Waals surface area (Å²) in [7, 11) is 0. The van der Waals surface area contributed by atoms with Crippen LogP contribution in [-0.4, -0.2) is 43.4 Å². The summed E-state index contributed by atoms with van der Waals surface area (Å²) in [6.45, 7) is 6.74. The first kappa shape index (κ1) is 44.6. The lowest BCUT2D eigenvalue weighted by Crippen LogP contribution is -2.27. The predicted molar refractivity (Wildman–Crippen MR) is 204 cm³/mol. The highest BCUT2D eigenvalue weighted by molar-refractivity contribution is 4.85. The van der Waals surface area contributed by atoms with Gasteiger partial charge < -0.3 is 19.3 Å². The van der Waals surface area contributed by atoms with Crippen LogP contribution in [0.3, 0.4) is 0 Å². The molecule has 0 radical (unpaired) electrons. The van der Waals surface area contributed by atoms with Crippen molar-refractivity contribution in [3.8, 4) is 0 Å². The van der Waals surface area contributed by atoms with Crippen molar-refractivity contribution in [3.63, 3.8) is 0 Å². The number of hydrogen-bond donors (Lipinski definition) is 1. The lowest BCUT2D eigenvalue weighted by Gasteiger charge is -2.27. The van der Waals surface area contributed by atoms with E-state index in [1.165, 1.54) is 173 Å². The minimum Gasteiger partial charge on any atom is -0.391 e. The second kappa shape index (κ2) is 36.9. The van der Waals surface area contributed by atoms with Gasteiger partial charge in [0.25, 0.3) is 0 Å². The molecule has 0 saturated carbocycles. The maximum atomic E-state index is 10.2. The fourth-order valence-electron chi connectivity index (χ4n) is 6.84. The van der Waals surface area contributed by atoms with Gasteiger partial charge in [0.05, 0.1) is 18.8 Å². The summed E-state index contributed by atoms with van der Waals surface area (Å²) in [4.78, 5) is 0. The molecule has 2 unspecified atom stereocenters. The normalized spacial score (nSPS) is 16.7. The summed E-state index contributed by atoms with van der Waals surface area (Å²) in [5.41, 5.74) is 0. The van der Waals surface area contributed by atoms with Crippen molar-refractivity contribution in [1.29, 1.82) is 0 Å². The van der Waals surface area contributed by atoms with E-state index >= 15 is 0 Å². The third-order valence-corrected chi connectivity index (χ3v) is 10.0. The first-order valence-electron chi connectivity index (χ1n) is 21.4. The van der Waals surface area contributed by atoms with Crippen LogP contribution in [0.1, 0.15) is 226 Å². The molecular formula is C43H84O4. The molecule has 1 saturated heterocycles. The molecule has 1 aliphatic heterocycles. The maximum Gasteiger partial charge on any atom is 0.157 e. The molecule has 0 aromatic heterocycles. The monoisotopic (exact) mass is 665 g/mol. The van der Waals surface area contributed by atoms with E-state index in [1.807, 2.05) is 0 Å². The van der Waals surface area contributed by atoms with Gasteiger partial charge in [-0.2, -0.15) is 0 Å². The molecule has 0 bridgehead atoms. The highest BCUT2D eigenvalue weighted by atomic mass is 16.7. The minimum absolute atomic E-state index is 0.0253. The van der Waals surface area contributed by atoms with Crippen LogP contribution < -0.4 is 0 Å². The van der Waals surface area contributed by atoms with Crippen LogP contribution >= 0.6 is 0 Å². The molecule has 0 aliphatic carbocycles. The number of hydrogen-bond acceptors (Lipinski definition) is 4. The van der Waals surface area contributed by atoms with E-state index in [2.05, 4.69) is 26.0 Å². The molecule has 4 heteroatoms. The summed E-state index contributed by atoms with van der Waals surface area (Å²) in [5.74, 6) is 0. The van der Waals surface area contributed by atoms with Gasteiger partial charge in [0.1, 0.15) is 0 Å². The maximum absolute atomic E-state index is 10.2. The topological polar surface area (TPSA) is 47.9 Å². The number of aliphatic hydroxyl groups excluding tert-OH is 1. The van der Waals surface area contributed by atoms with Crippen LogP contribution in [-0.2, 0) is 14.2 Å². The SMILES string of the molecule is CCCCCCCCCCCCCCCCCCC(O)COCCCCCCCC/C=C\C[C@@H](CCCCCC)OC1CCCCO1. The van der Waals surface area contributed by atoms with Gasteiger partial charge in [-0.05, 0) is 57.8 Å². The Morgan fingerprint density at radius 2 is 1.11 bits per heavy atom. The molecule has 4 nitrogen and oxygen atoms in total. The molecule has 1 heterocycles. The van der Waals surface area contributed by atoms with Crippen LogP contribution in [0.5, 0.6) is 0 Å². The number of unbranched alkanes of at least 4 members (excludes halogenated alkanes) is 24. The van der Waals surface area contributed by atoms with Crippen LogP contribution in [0.4, 0.5) is 0 Å². The van der Waals surface area contributed by atoms with Gasteiger partial charge in [-0.1, -0.05) is 180 Å². The summed E-state index contributed by atoms with van der Waals surface area (Å²) in [6, 6.07) is 0. The van der Waals surface area contributed by atoms with Crippen molar-refractivity contribution in [2.75, 3.05) is 19.8 Å². The molecule has 280 valence electrons. The molecule has 1 N–H and O–H groups in total. The van der Waals surface area contributed by atoms with E-state index in [-0.39, 0.29) is 12.4 Å². The molecule has 0 amide bonds. The zero-order chi connectivity index (χ0) is 33.7. The van der Waals surface area contributed by atoms with E-state index in [9.17, 15) is 5.11 Å². The average molecular weight is 665 g/mol. The van der Waals surface area contributed by atoms with Crippen molar-refractivity contribution < 1.29 is 19.3 Å². The molecule has 1 aliphatic rings. The van der Waals surface area contributed by atoms with E-state index < -0.39 is 0 Å². The van der Waals surface area contributed by atoms with Gasteiger partial charge in [0.2, 0.25) is 0 Å². The highest BCUT2D eigenvalue weighted by Crippen LogP contribution is 2.21. The second-order valence-electron chi connectivity index (χ2n) is 14.8. The Balaban J connectivity index is 1.83. The van der Waals surface area contributed by atoms with Gasteiger partial charge in [-0.25, -0.2) is 0 Å². The highest BCUT2D eigenvalue weighted by Gasteiger charge is 2.19. The van der Waals surface area contributed by atoms with Gasteiger partial charge in [-0.15, -0.1) is 0 Å². The summed E-state index contributed by atoms with van der Waals surface area (Å²) >= 11 is 0. The lowest BCUT2D eigenvalue weighted by atomic mass is 10.0. The van der Waals surface area contributed by atoms with Crippen LogP contribution in [0.15, 0.2) is 12.2 Å². The van der Waals surface area contributed by atoms with Gasteiger partial charge in [0.15, 0.2) is 6.29 Å². The van der Waals surface area contributed by atoms with Crippen molar-refractivity contribution >= 4 is 0 Å². The zero-order valence-corrected chi connectivity index (χ0v) is 32.0. The number of ether oxygens (including phenoxy) is 3. The Labute approximate surface area is 295 Å². The van der Waals surface area contributed by atoms with Crippen LogP contribution in [0, 0.1) is 0 Å². The van der Waals surface area contributed by atoms with Crippen molar-refractivity contribution in [1.82, 2.24) is 0 Å². The van der Waals surface area contributed by atoms with E-state index in [0.717, 1.165) is 51.7 Å². The fraction of sp³-hybridized carbons (Fsp3) is 0.953. The van der Waals surface area contributed by atoms with Crippen LogP contribution in [0.2, 0.25) is 0 Å². The smallest absolute Gasteiger partial charge is 0.157 e. The first-order valence-corrected chi connectivity index (χ1v) is 21.4. The Morgan fingerprint density at radius 3 is 1.68 bits per heavy atom. The first-order chi connectivity index (χ1) is 23.3. The summed E-state index contributed by atoms with van der Waals surface area (Å²) in [6.07, 6.45) is 47.6. The second-order valence-corrected chi connectivity index (χ2v) is 14.8. The van der Waals surface area contributed by atoms with Crippen molar-refractivity contribution in [2.45, 2.75) is 244 Å². The molecule has 1 fully saturated rings. The molecule has 0 spiro atoms. The number of rotatable bonds is 37. The third kappa shape index (κ3) is 32.5. The van der Waals surface area contributed by atoms with Crippen molar-refractivity contribution in [2.24, 2.45) is 0 Å². The Bertz CT molecular complexity index is 617. The Morgan fingerprint density at radius 1 is 0.596 bits per heavy atom. The van der Waals surface area contributed by atoms with Crippen molar-refractivity contribution in [3.05, 3.63) is 12.2 Å². The van der Waals surface area contributed by atoms with Gasteiger partial charge >= 0.3 is 0 Å². The lowest BCUT2D eigenvalue weighted by molar-refractivity contribution is -0.188. The van der Waals surface area contributed by atoms with Gasteiger partial charge in [-0.3, -0.25) is 0 Å². The van der Waals surface area contributed by atoms with Crippen LogP contribution in [0.25, 0.3) is 0 Å². The zero-order valence-electron chi connectivity index (χ0n) is 32.0. The Kier molecular flexibility index (Phi) is 35.0. The van der Waals surface area contributed by atoms with E-state index in [4.69, 9.17) is 14.2 Å². The molecular weight excluding hydrogens is 580 g/mol. The predicted octanol–water partition coefficient (Wildman–Crippen LogP) is 13.6. The summed E-state index contributed by atoms with van der Waals surface area (Å²) < 4.78 is 18.0. The molecule has 47 heavy (non-hydrogen) atoms. The fourth-order valence-corrected chi connectivity index (χ4v) is 6.84. The number of allylic oxidation sites excluding steroid dienone is 1. The molecule has 3 atom stereocenters. The van der Waals surface area contributed by atoms with Gasteiger partial charge in [0, 0.05) is 13.2 Å². The minimum atomic E-state index is -0.279. The van der Waals surface area contributed by atoms with E-state index in [0.29, 0.717) is 12.7 Å². The van der Waals surface area contributed by atoms with E-state index in [1.54, 1.807) is 0 Å². The molecule has 1 rings (SSSR count). The number of aliphatic hydroxyl groups is 1. The molecule has 0 aromatic rings. The molecule has 0 aromatic carbocycles. The summed E-state index contributed by atoms with van der Waals surface area (Å²) in [5, 5.41) is 10.2. The largest absolute Gasteiger partial charge is 0.391 e. The third-order valence-electron chi connectivity index (χ3n) is 10.0. The average Bonchev–Trinajstić information content (AvgIpc) is 3.08.